The van der Waals surface area contributed by atoms with E-state index in [-0.39, 0.29) is 0 Å². The van der Waals surface area contributed by atoms with Crippen molar-refractivity contribution in [1.82, 2.24) is 0 Å². The first-order chi connectivity index (χ1) is 5.31. The van der Waals surface area contributed by atoms with Gasteiger partial charge in [0.1, 0.15) is 0 Å². The van der Waals surface area contributed by atoms with E-state index in [1.807, 2.05) is 0 Å². The minimum atomic E-state index is 0.611. The third kappa shape index (κ3) is 7.99. The molecule has 1 heteroatoms. The summed E-state index contributed by atoms with van der Waals surface area (Å²) in [5.74, 6) is 0. The van der Waals surface area contributed by atoms with E-state index in [1.165, 1.54) is 25.7 Å². The maximum Gasteiger partial charge on any atom is -0.00889 e. The molecule has 0 nitrogen and oxygen atoms in total. The zero-order chi connectivity index (χ0) is 8.53. The second-order valence-electron chi connectivity index (χ2n) is 3.19. The Morgan fingerprint density at radius 3 is 2.82 bits per heavy atom. The molecule has 0 saturated carbocycles. The molecule has 1 atom stereocenters. The SMILES string of the molecule is [CH2]CCCC=[SiH]C(C)CCC. The van der Waals surface area contributed by atoms with Crippen molar-refractivity contribution in [2.24, 2.45) is 0 Å². The summed E-state index contributed by atoms with van der Waals surface area (Å²) >= 11 is 0. The molecule has 11 heavy (non-hydrogen) atoms. The summed E-state index contributed by atoms with van der Waals surface area (Å²) in [6, 6.07) is 0. The number of hydrogen-bond donors (Lipinski definition) is 0. The molecular weight excluding hydrogens is 148 g/mol. The van der Waals surface area contributed by atoms with Crippen molar-refractivity contribution in [3.05, 3.63) is 6.92 Å². The van der Waals surface area contributed by atoms with Crippen LogP contribution in [0.1, 0.15) is 46.0 Å². The van der Waals surface area contributed by atoms with Crippen LogP contribution in [-0.2, 0) is 0 Å². The lowest BCUT2D eigenvalue weighted by molar-refractivity contribution is 0.767. The fourth-order valence-corrected chi connectivity index (χ4v) is 2.56. The highest BCUT2D eigenvalue weighted by Crippen LogP contribution is 2.06. The molecule has 0 bridgehead atoms. The Morgan fingerprint density at radius 2 is 2.27 bits per heavy atom. The fourth-order valence-electron chi connectivity index (χ4n) is 1.14. The largest absolute Gasteiger partial charge is 0.106 e. The van der Waals surface area contributed by atoms with E-state index < -0.39 is 0 Å². The molecule has 0 aliphatic heterocycles. The molecule has 0 saturated heterocycles. The summed E-state index contributed by atoms with van der Waals surface area (Å²) in [6.07, 6.45) is 6.43. The van der Waals surface area contributed by atoms with E-state index in [0.717, 1.165) is 12.0 Å². The number of hydrogen-bond acceptors (Lipinski definition) is 0. The van der Waals surface area contributed by atoms with Gasteiger partial charge in [-0.3, -0.25) is 0 Å². The molecule has 0 aromatic rings. The van der Waals surface area contributed by atoms with Crippen LogP contribution in [0.3, 0.4) is 0 Å². The summed E-state index contributed by atoms with van der Waals surface area (Å²) < 4.78 is 0. The van der Waals surface area contributed by atoms with Crippen molar-refractivity contribution >= 4 is 14.8 Å². The summed E-state index contributed by atoms with van der Waals surface area (Å²) in [5.41, 5.74) is 3.48. The van der Waals surface area contributed by atoms with Gasteiger partial charge in [0.05, 0.1) is 0 Å². The van der Waals surface area contributed by atoms with Crippen LogP contribution >= 0.6 is 0 Å². The second kappa shape index (κ2) is 8.19. The Bertz CT molecular complexity index is 97.0. The normalized spacial score (nSPS) is 14.1. The Morgan fingerprint density at radius 1 is 1.55 bits per heavy atom. The standard InChI is InChI=1S/C10H21Si/c1-4-6-7-9-11-10(3)8-5-2/h9-11H,1,4-8H2,2-3H3. The predicted octanol–water partition coefficient (Wildman–Crippen LogP) is 2.84. The van der Waals surface area contributed by atoms with Gasteiger partial charge in [0.15, 0.2) is 0 Å². The van der Waals surface area contributed by atoms with Gasteiger partial charge >= 0.3 is 0 Å². The zero-order valence-electron chi connectivity index (χ0n) is 7.97. The van der Waals surface area contributed by atoms with E-state index >= 15 is 0 Å². The van der Waals surface area contributed by atoms with Gasteiger partial charge in [0.2, 0.25) is 0 Å². The van der Waals surface area contributed by atoms with E-state index in [2.05, 4.69) is 26.4 Å². The Hall–Kier alpha value is 0.0869. The van der Waals surface area contributed by atoms with Crippen LogP contribution in [-0.4, -0.2) is 14.8 Å². The van der Waals surface area contributed by atoms with Crippen LogP contribution in [0.2, 0.25) is 5.54 Å². The van der Waals surface area contributed by atoms with Crippen molar-refractivity contribution < 1.29 is 0 Å². The van der Waals surface area contributed by atoms with Crippen LogP contribution in [0, 0.1) is 6.92 Å². The highest BCUT2D eigenvalue weighted by molar-refractivity contribution is 6.48. The summed E-state index contributed by atoms with van der Waals surface area (Å²) in [6.45, 7) is 8.47. The van der Waals surface area contributed by atoms with Gasteiger partial charge in [-0.05, 0) is 21.1 Å². The molecule has 0 aromatic heterocycles. The van der Waals surface area contributed by atoms with Gasteiger partial charge in [-0.2, -0.15) is 0 Å². The topological polar surface area (TPSA) is 0 Å². The molecular formula is C10H21Si. The predicted molar refractivity (Wildman–Crippen MR) is 56.8 cm³/mol. The lowest BCUT2D eigenvalue weighted by atomic mass is 10.3. The van der Waals surface area contributed by atoms with Crippen molar-refractivity contribution in [1.29, 1.82) is 0 Å². The van der Waals surface area contributed by atoms with Crippen molar-refractivity contribution in [3.63, 3.8) is 0 Å². The molecule has 0 heterocycles. The van der Waals surface area contributed by atoms with Crippen LogP contribution in [0.5, 0.6) is 0 Å². The third-order valence-corrected chi connectivity index (χ3v) is 3.43. The molecule has 0 amide bonds. The average Bonchev–Trinajstić information content (AvgIpc) is 1.99. The van der Waals surface area contributed by atoms with E-state index in [0.29, 0.717) is 9.13 Å². The average molecular weight is 169 g/mol. The molecule has 0 fully saturated rings. The molecule has 0 aliphatic carbocycles. The lowest BCUT2D eigenvalue weighted by Crippen LogP contribution is -1.93. The molecule has 1 unspecified atom stereocenters. The third-order valence-electron chi connectivity index (χ3n) is 1.83. The van der Waals surface area contributed by atoms with Crippen molar-refractivity contribution in [3.8, 4) is 0 Å². The molecule has 65 valence electrons. The van der Waals surface area contributed by atoms with Crippen LogP contribution in [0.4, 0.5) is 0 Å². The van der Waals surface area contributed by atoms with Crippen LogP contribution in [0.25, 0.3) is 0 Å². The smallest absolute Gasteiger partial charge is 0.00889 e. The minimum absolute atomic E-state index is 0.611. The number of unbranched alkanes of at least 4 members (excludes halogenated alkanes) is 2. The molecule has 0 rings (SSSR count). The monoisotopic (exact) mass is 169 g/mol. The van der Waals surface area contributed by atoms with E-state index in [9.17, 15) is 0 Å². The molecule has 0 aliphatic rings. The summed E-state index contributed by atoms with van der Waals surface area (Å²) in [5, 5.41) is 0. The zero-order valence-corrected chi connectivity index (χ0v) is 9.13. The quantitative estimate of drug-likeness (QED) is 0.424. The maximum absolute atomic E-state index is 3.83. The Kier molecular flexibility index (Phi) is 8.25. The second-order valence-corrected chi connectivity index (χ2v) is 5.18. The van der Waals surface area contributed by atoms with Gasteiger partial charge in [-0.25, -0.2) is 0 Å². The summed E-state index contributed by atoms with van der Waals surface area (Å²) in [4.78, 5) is 0. The maximum atomic E-state index is 3.83. The first kappa shape index (κ1) is 11.1. The van der Waals surface area contributed by atoms with Crippen LogP contribution < -0.4 is 0 Å². The van der Waals surface area contributed by atoms with Gasteiger partial charge in [-0.15, -0.1) is 5.67 Å². The summed E-state index contributed by atoms with van der Waals surface area (Å²) in [7, 11) is 0.611. The van der Waals surface area contributed by atoms with Gasteiger partial charge in [0, 0.05) is 0 Å². The molecule has 1 radical (unpaired) electrons. The minimum Gasteiger partial charge on any atom is -0.106 e. The van der Waals surface area contributed by atoms with Gasteiger partial charge in [0.25, 0.3) is 0 Å². The Balaban J connectivity index is 3.24. The first-order valence-corrected chi connectivity index (χ1v) is 6.10. The van der Waals surface area contributed by atoms with Crippen molar-refractivity contribution in [2.45, 2.75) is 51.5 Å². The highest BCUT2D eigenvalue weighted by Gasteiger charge is 1.92. The first-order valence-electron chi connectivity index (χ1n) is 4.77. The van der Waals surface area contributed by atoms with E-state index in [4.69, 9.17) is 0 Å². The molecule has 0 spiro atoms. The van der Waals surface area contributed by atoms with Gasteiger partial charge in [-0.1, -0.05) is 46.5 Å². The Labute approximate surface area is 73.8 Å². The van der Waals surface area contributed by atoms with Crippen molar-refractivity contribution in [2.75, 3.05) is 0 Å². The lowest BCUT2D eigenvalue weighted by Gasteiger charge is -2.00. The molecule has 0 aromatic carbocycles. The fraction of sp³-hybridized carbons (Fsp3) is 0.800. The van der Waals surface area contributed by atoms with Crippen LogP contribution in [0.15, 0.2) is 0 Å². The van der Waals surface area contributed by atoms with Gasteiger partial charge < -0.3 is 0 Å². The van der Waals surface area contributed by atoms with E-state index in [1.54, 1.807) is 0 Å². The number of rotatable bonds is 6. The molecule has 0 N–H and O–H groups in total. The highest BCUT2D eigenvalue weighted by atomic mass is 28.2.